The molecular formula is C10H19NOS. The summed E-state index contributed by atoms with van der Waals surface area (Å²) in [5.74, 6) is 2.60. The van der Waals surface area contributed by atoms with E-state index in [0.29, 0.717) is 12.1 Å². The van der Waals surface area contributed by atoms with Crippen molar-refractivity contribution >= 4 is 11.8 Å². The van der Waals surface area contributed by atoms with Crippen LogP contribution in [-0.2, 0) is 4.74 Å². The van der Waals surface area contributed by atoms with Gasteiger partial charge in [-0.1, -0.05) is 12.8 Å². The van der Waals surface area contributed by atoms with Crippen LogP contribution in [-0.4, -0.2) is 36.8 Å². The fraction of sp³-hybridized carbons (Fsp3) is 1.00. The van der Waals surface area contributed by atoms with Crippen LogP contribution in [0.25, 0.3) is 0 Å². The summed E-state index contributed by atoms with van der Waals surface area (Å²) in [5.41, 5.74) is 0. The molecule has 0 bridgehead atoms. The number of rotatable bonds is 3. The first-order valence-electron chi connectivity index (χ1n) is 5.26. The van der Waals surface area contributed by atoms with E-state index in [4.69, 9.17) is 4.74 Å². The Morgan fingerprint density at radius 2 is 2.00 bits per heavy atom. The monoisotopic (exact) mass is 201 g/mol. The zero-order valence-corrected chi connectivity index (χ0v) is 9.11. The maximum atomic E-state index is 5.50. The molecule has 3 heteroatoms. The predicted octanol–water partition coefficient (Wildman–Crippen LogP) is 1.65. The quantitative estimate of drug-likeness (QED) is 0.750. The molecule has 1 aliphatic heterocycles. The molecule has 2 unspecified atom stereocenters. The van der Waals surface area contributed by atoms with Crippen LogP contribution in [0.2, 0.25) is 0 Å². The Kier molecular flexibility index (Phi) is 3.52. The summed E-state index contributed by atoms with van der Waals surface area (Å²) in [6.07, 6.45) is 5.74. The smallest absolute Gasteiger partial charge is 0.0724 e. The minimum Gasteiger partial charge on any atom is -0.380 e. The highest BCUT2D eigenvalue weighted by atomic mass is 32.2. The summed E-state index contributed by atoms with van der Waals surface area (Å²) in [7, 11) is 1.85. The van der Waals surface area contributed by atoms with E-state index in [0.717, 1.165) is 6.04 Å². The van der Waals surface area contributed by atoms with E-state index >= 15 is 0 Å². The van der Waals surface area contributed by atoms with Crippen molar-refractivity contribution in [3.05, 3.63) is 0 Å². The van der Waals surface area contributed by atoms with E-state index in [2.05, 4.69) is 5.32 Å². The highest BCUT2D eigenvalue weighted by molar-refractivity contribution is 8.00. The first kappa shape index (κ1) is 9.81. The van der Waals surface area contributed by atoms with Gasteiger partial charge in [0.15, 0.2) is 0 Å². The summed E-state index contributed by atoms with van der Waals surface area (Å²) in [4.78, 5) is 0. The fourth-order valence-electron chi connectivity index (χ4n) is 2.20. The van der Waals surface area contributed by atoms with Crippen LogP contribution in [0.1, 0.15) is 25.7 Å². The third-order valence-electron chi connectivity index (χ3n) is 3.09. The molecule has 1 aliphatic carbocycles. The average molecular weight is 201 g/mol. The van der Waals surface area contributed by atoms with Crippen molar-refractivity contribution in [3.8, 4) is 0 Å². The zero-order chi connectivity index (χ0) is 9.10. The lowest BCUT2D eigenvalue weighted by Crippen LogP contribution is -2.52. The van der Waals surface area contributed by atoms with Gasteiger partial charge in [-0.25, -0.2) is 0 Å². The van der Waals surface area contributed by atoms with Crippen molar-refractivity contribution in [1.82, 2.24) is 5.32 Å². The summed E-state index contributed by atoms with van der Waals surface area (Å²) < 4.78 is 5.50. The van der Waals surface area contributed by atoms with Gasteiger partial charge in [0.1, 0.15) is 0 Å². The van der Waals surface area contributed by atoms with Crippen molar-refractivity contribution < 1.29 is 4.74 Å². The van der Waals surface area contributed by atoms with E-state index in [1.807, 2.05) is 18.9 Å². The van der Waals surface area contributed by atoms with E-state index in [-0.39, 0.29) is 0 Å². The fourth-order valence-corrected chi connectivity index (χ4v) is 2.87. The lowest BCUT2D eigenvalue weighted by atomic mass is 9.92. The van der Waals surface area contributed by atoms with Crippen LogP contribution >= 0.6 is 11.8 Å². The number of hydrogen-bond donors (Lipinski definition) is 1. The second-order valence-corrected chi connectivity index (χ2v) is 5.14. The predicted molar refractivity (Wildman–Crippen MR) is 57.3 cm³/mol. The summed E-state index contributed by atoms with van der Waals surface area (Å²) in [5, 5.41) is 3.71. The topological polar surface area (TPSA) is 21.3 Å². The Bertz CT molecular complexity index is 161. The number of methoxy groups -OCH3 is 1. The van der Waals surface area contributed by atoms with Crippen molar-refractivity contribution in [2.75, 3.05) is 18.6 Å². The Hall–Kier alpha value is 0.270. The lowest BCUT2D eigenvalue weighted by Gasteiger charge is -2.37. The molecule has 0 aromatic rings. The average Bonchev–Trinajstić information content (AvgIpc) is 2.12. The van der Waals surface area contributed by atoms with Gasteiger partial charge in [0.05, 0.1) is 6.10 Å². The number of ether oxygens (including phenoxy) is 1. The highest BCUT2D eigenvalue weighted by Crippen LogP contribution is 2.24. The van der Waals surface area contributed by atoms with Crippen LogP contribution in [0.15, 0.2) is 0 Å². The highest BCUT2D eigenvalue weighted by Gasteiger charge is 2.28. The van der Waals surface area contributed by atoms with Crippen LogP contribution in [0.3, 0.4) is 0 Å². The molecule has 2 atom stereocenters. The molecule has 1 saturated heterocycles. The molecule has 2 aliphatic rings. The summed E-state index contributed by atoms with van der Waals surface area (Å²) >= 11 is 2.04. The van der Waals surface area contributed by atoms with E-state index in [9.17, 15) is 0 Å². The Morgan fingerprint density at radius 3 is 2.62 bits per heavy atom. The van der Waals surface area contributed by atoms with Gasteiger partial charge in [0, 0.05) is 30.7 Å². The number of thioether (sulfide) groups is 1. The van der Waals surface area contributed by atoms with Crippen molar-refractivity contribution in [1.29, 1.82) is 0 Å². The molecule has 1 heterocycles. The molecule has 2 rings (SSSR count). The Balaban J connectivity index is 1.79. The van der Waals surface area contributed by atoms with Gasteiger partial charge in [-0.15, -0.1) is 0 Å². The van der Waals surface area contributed by atoms with Gasteiger partial charge in [-0.3, -0.25) is 0 Å². The minimum atomic E-state index is 0.472. The van der Waals surface area contributed by atoms with Gasteiger partial charge in [0.2, 0.25) is 0 Å². The molecule has 0 radical (unpaired) electrons. The maximum absolute atomic E-state index is 5.50. The number of nitrogens with one attached hydrogen (secondary N) is 1. The van der Waals surface area contributed by atoms with E-state index in [1.165, 1.54) is 37.2 Å². The Morgan fingerprint density at radius 1 is 1.23 bits per heavy atom. The summed E-state index contributed by atoms with van der Waals surface area (Å²) in [6.45, 7) is 0. The van der Waals surface area contributed by atoms with Crippen molar-refractivity contribution in [2.24, 2.45) is 0 Å². The third-order valence-corrected chi connectivity index (χ3v) is 4.37. The van der Waals surface area contributed by atoms with E-state index < -0.39 is 0 Å². The SMILES string of the molecule is COC1CCCCC1NC1CSC1. The molecule has 0 amide bonds. The maximum Gasteiger partial charge on any atom is 0.0724 e. The lowest BCUT2D eigenvalue weighted by molar-refractivity contribution is 0.0391. The Labute approximate surface area is 84.8 Å². The summed E-state index contributed by atoms with van der Waals surface area (Å²) in [6, 6.07) is 1.40. The minimum absolute atomic E-state index is 0.472. The largest absolute Gasteiger partial charge is 0.380 e. The van der Waals surface area contributed by atoms with Gasteiger partial charge in [-0.2, -0.15) is 11.8 Å². The molecule has 0 aromatic heterocycles. The van der Waals surface area contributed by atoms with Crippen molar-refractivity contribution in [3.63, 3.8) is 0 Å². The van der Waals surface area contributed by atoms with E-state index in [1.54, 1.807) is 0 Å². The third kappa shape index (κ3) is 2.39. The molecule has 2 nitrogen and oxygen atoms in total. The zero-order valence-electron chi connectivity index (χ0n) is 8.29. The van der Waals surface area contributed by atoms with Crippen LogP contribution in [0.5, 0.6) is 0 Å². The van der Waals surface area contributed by atoms with Gasteiger partial charge in [0.25, 0.3) is 0 Å². The number of hydrogen-bond acceptors (Lipinski definition) is 3. The van der Waals surface area contributed by atoms with Gasteiger partial charge in [-0.05, 0) is 12.8 Å². The molecule has 0 aromatic carbocycles. The normalized spacial score (nSPS) is 35.8. The second kappa shape index (κ2) is 4.67. The van der Waals surface area contributed by atoms with Crippen LogP contribution in [0.4, 0.5) is 0 Å². The van der Waals surface area contributed by atoms with Crippen molar-refractivity contribution in [2.45, 2.75) is 43.9 Å². The molecule has 1 saturated carbocycles. The molecular weight excluding hydrogens is 182 g/mol. The van der Waals surface area contributed by atoms with Crippen LogP contribution in [0, 0.1) is 0 Å². The first-order chi connectivity index (χ1) is 6.40. The second-order valence-electron chi connectivity index (χ2n) is 4.07. The first-order valence-corrected chi connectivity index (χ1v) is 6.42. The van der Waals surface area contributed by atoms with Gasteiger partial charge < -0.3 is 10.1 Å². The standard InChI is InChI=1S/C10H19NOS/c1-12-10-5-3-2-4-9(10)11-8-6-13-7-8/h8-11H,2-7H2,1H3. The molecule has 76 valence electrons. The molecule has 2 fully saturated rings. The molecule has 1 N–H and O–H groups in total. The van der Waals surface area contributed by atoms with Crippen LogP contribution < -0.4 is 5.32 Å². The van der Waals surface area contributed by atoms with Gasteiger partial charge >= 0.3 is 0 Å². The molecule has 13 heavy (non-hydrogen) atoms. The molecule has 0 spiro atoms.